The lowest BCUT2D eigenvalue weighted by molar-refractivity contribution is 0.456. The van der Waals surface area contributed by atoms with Crippen LogP contribution in [-0.2, 0) is 22.1 Å². The predicted molar refractivity (Wildman–Crippen MR) is 83.0 cm³/mol. The minimum absolute atomic E-state index is 0.166. The van der Waals surface area contributed by atoms with Crippen molar-refractivity contribution in [2.75, 3.05) is 6.54 Å². The van der Waals surface area contributed by atoms with Crippen molar-refractivity contribution in [1.29, 1.82) is 0 Å². The van der Waals surface area contributed by atoms with E-state index in [1.54, 1.807) is 24.3 Å². The molecule has 114 valence electrons. The Bertz CT molecular complexity index is 694. The second kappa shape index (κ2) is 7.11. The quantitative estimate of drug-likeness (QED) is 0.792. The fraction of sp³-hybridized carbons (Fsp3) is 0.333. The molecule has 2 aromatic rings. The lowest BCUT2D eigenvalue weighted by Gasteiger charge is -2.03. The van der Waals surface area contributed by atoms with Gasteiger partial charge in [-0.2, -0.15) is 0 Å². The summed E-state index contributed by atoms with van der Waals surface area (Å²) >= 11 is 5.83. The fourth-order valence-electron chi connectivity index (χ4n) is 1.91. The van der Waals surface area contributed by atoms with E-state index in [0.29, 0.717) is 17.3 Å². The summed E-state index contributed by atoms with van der Waals surface area (Å²) in [7, 11) is -3.45. The summed E-state index contributed by atoms with van der Waals surface area (Å²) in [6.45, 7) is 3.58. The van der Waals surface area contributed by atoms with Crippen molar-refractivity contribution in [3.05, 3.63) is 52.9 Å². The number of hydrogen-bond acceptors (Lipinski definition) is 4. The molecule has 21 heavy (non-hydrogen) atoms. The monoisotopic (exact) mass is 327 g/mol. The van der Waals surface area contributed by atoms with Crippen molar-refractivity contribution in [3.8, 4) is 0 Å². The van der Waals surface area contributed by atoms with Crippen molar-refractivity contribution in [1.82, 2.24) is 5.32 Å². The lowest BCUT2D eigenvalue weighted by Crippen LogP contribution is -2.13. The van der Waals surface area contributed by atoms with Crippen LogP contribution in [0.5, 0.6) is 0 Å². The lowest BCUT2D eigenvalue weighted by atomic mass is 10.4. The molecule has 0 aliphatic rings. The molecule has 2 rings (SSSR count). The average molecular weight is 328 g/mol. The van der Waals surface area contributed by atoms with Gasteiger partial charge < -0.3 is 9.73 Å². The van der Waals surface area contributed by atoms with Gasteiger partial charge in [0.2, 0.25) is 0 Å². The number of halogens is 1. The third kappa shape index (κ3) is 4.59. The molecule has 0 saturated carbocycles. The highest BCUT2D eigenvalue weighted by Crippen LogP contribution is 2.21. The average Bonchev–Trinajstić information content (AvgIpc) is 2.86. The van der Waals surface area contributed by atoms with Gasteiger partial charge in [-0.05, 0) is 43.3 Å². The van der Waals surface area contributed by atoms with Crippen LogP contribution in [-0.4, -0.2) is 15.0 Å². The van der Waals surface area contributed by atoms with E-state index < -0.39 is 9.84 Å². The maximum Gasteiger partial charge on any atom is 0.185 e. The van der Waals surface area contributed by atoms with Gasteiger partial charge in [-0.1, -0.05) is 24.6 Å². The molecule has 1 aromatic heterocycles. The molecule has 0 radical (unpaired) electrons. The minimum Gasteiger partial charge on any atom is -0.464 e. The van der Waals surface area contributed by atoms with Gasteiger partial charge in [0.15, 0.2) is 9.84 Å². The first kappa shape index (κ1) is 16.1. The van der Waals surface area contributed by atoms with Gasteiger partial charge in [0.05, 0.1) is 11.4 Å². The van der Waals surface area contributed by atoms with Gasteiger partial charge in [0.1, 0.15) is 17.3 Å². The molecule has 4 nitrogen and oxygen atoms in total. The Balaban J connectivity index is 2.07. The van der Waals surface area contributed by atoms with Crippen LogP contribution in [0.15, 0.2) is 45.7 Å². The molecule has 0 spiro atoms. The van der Waals surface area contributed by atoms with Crippen LogP contribution in [0.1, 0.15) is 24.9 Å². The van der Waals surface area contributed by atoms with Crippen molar-refractivity contribution >= 4 is 21.4 Å². The SMILES string of the molecule is CCCNCc1ccc(CS(=O)(=O)c2cccc(Cl)c2)o1. The molecule has 0 fully saturated rings. The number of benzene rings is 1. The van der Waals surface area contributed by atoms with Gasteiger partial charge >= 0.3 is 0 Å². The number of sulfone groups is 1. The Morgan fingerprint density at radius 2 is 1.95 bits per heavy atom. The van der Waals surface area contributed by atoms with Gasteiger partial charge in [0.25, 0.3) is 0 Å². The Morgan fingerprint density at radius 1 is 1.19 bits per heavy atom. The van der Waals surface area contributed by atoms with E-state index >= 15 is 0 Å². The highest BCUT2D eigenvalue weighted by molar-refractivity contribution is 7.90. The Kier molecular flexibility index (Phi) is 5.45. The molecule has 1 aromatic carbocycles. The van der Waals surface area contributed by atoms with Crippen LogP contribution < -0.4 is 5.32 Å². The third-order valence-electron chi connectivity index (χ3n) is 2.93. The number of nitrogens with one attached hydrogen (secondary N) is 1. The number of furan rings is 1. The Morgan fingerprint density at radius 3 is 2.67 bits per heavy atom. The molecule has 0 aliphatic heterocycles. The summed E-state index contributed by atoms with van der Waals surface area (Å²) < 4.78 is 30.1. The largest absolute Gasteiger partial charge is 0.464 e. The van der Waals surface area contributed by atoms with E-state index in [1.165, 1.54) is 12.1 Å². The van der Waals surface area contributed by atoms with Gasteiger partial charge in [-0.25, -0.2) is 8.42 Å². The van der Waals surface area contributed by atoms with E-state index in [1.807, 2.05) is 0 Å². The minimum atomic E-state index is -3.45. The van der Waals surface area contributed by atoms with E-state index in [4.69, 9.17) is 16.0 Å². The maximum atomic E-state index is 12.3. The summed E-state index contributed by atoms with van der Waals surface area (Å²) in [6.07, 6.45) is 1.04. The molecule has 0 saturated heterocycles. The molecular formula is C15H18ClNO3S. The van der Waals surface area contributed by atoms with E-state index in [2.05, 4.69) is 12.2 Å². The van der Waals surface area contributed by atoms with Crippen LogP contribution >= 0.6 is 11.6 Å². The van der Waals surface area contributed by atoms with Crippen LogP contribution in [0.25, 0.3) is 0 Å². The normalized spacial score (nSPS) is 11.7. The first-order valence-corrected chi connectivity index (χ1v) is 8.81. The molecule has 1 heterocycles. The van der Waals surface area contributed by atoms with Crippen molar-refractivity contribution < 1.29 is 12.8 Å². The highest BCUT2D eigenvalue weighted by Gasteiger charge is 2.18. The van der Waals surface area contributed by atoms with E-state index in [9.17, 15) is 8.42 Å². The second-order valence-electron chi connectivity index (χ2n) is 4.76. The van der Waals surface area contributed by atoms with Crippen molar-refractivity contribution in [2.45, 2.75) is 30.5 Å². The molecule has 0 aliphatic carbocycles. The molecule has 0 bridgehead atoms. The smallest absolute Gasteiger partial charge is 0.185 e. The van der Waals surface area contributed by atoms with Crippen LogP contribution in [0.2, 0.25) is 5.02 Å². The summed E-state index contributed by atoms with van der Waals surface area (Å²) in [4.78, 5) is 0.206. The highest BCUT2D eigenvalue weighted by atomic mass is 35.5. The number of rotatable bonds is 7. The number of hydrogen-bond donors (Lipinski definition) is 1. The fourth-order valence-corrected chi connectivity index (χ4v) is 3.46. The van der Waals surface area contributed by atoms with Gasteiger partial charge in [-0.15, -0.1) is 0 Å². The van der Waals surface area contributed by atoms with Gasteiger partial charge in [0, 0.05) is 5.02 Å². The maximum absolute atomic E-state index is 12.3. The van der Waals surface area contributed by atoms with Crippen molar-refractivity contribution in [3.63, 3.8) is 0 Å². The third-order valence-corrected chi connectivity index (χ3v) is 4.80. The summed E-state index contributed by atoms with van der Waals surface area (Å²) in [6, 6.07) is 9.75. The summed E-state index contributed by atoms with van der Waals surface area (Å²) in [5, 5.41) is 3.61. The molecule has 0 amide bonds. The zero-order chi connectivity index (χ0) is 15.3. The van der Waals surface area contributed by atoms with Crippen molar-refractivity contribution in [2.24, 2.45) is 0 Å². The van der Waals surface area contributed by atoms with E-state index in [-0.39, 0.29) is 10.6 Å². The van der Waals surface area contributed by atoms with Crippen LogP contribution in [0.3, 0.4) is 0 Å². The zero-order valence-electron chi connectivity index (χ0n) is 11.8. The first-order chi connectivity index (χ1) is 10.0. The van der Waals surface area contributed by atoms with Crippen LogP contribution in [0, 0.1) is 0 Å². The molecular weight excluding hydrogens is 310 g/mol. The molecule has 6 heteroatoms. The van der Waals surface area contributed by atoms with Gasteiger partial charge in [-0.3, -0.25) is 0 Å². The molecule has 0 unspecified atom stereocenters. The Labute approximate surface area is 130 Å². The molecule has 1 N–H and O–H groups in total. The first-order valence-electron chi connectivity index (χ1n) is 6.78. The van der Waals surface area contributed by atoms with E-state index in [0.717, 1.165) is 18.7 Å². The summed E-state index contributed by atoms with van der Waals surface area (Å²) in [5.41, 5.74) is 0. The second-order valence-corrected chi connectivity index (χ2v) is 7.19. The molecule has 0 atom stereocenters. The predicted octanol–water partition coefficient (Wildman–Crippen LogP) is 3.41. The van der Waals surface area contributed by atoms with Crippen LogP contribution in [0.4, 0.5) is 0 Å². The Hall–Kier alpha value is -1.30. The zero-order valence-corrected chi connectivity index (χ0v) is 13.4. The summed E-state index contributed by atoms with van der Waals surface area (Å²) in [5.74, 6) is 1.00. The standard InChI is InChI=1S/C15H18ClNO3S/c1-2-8-17-10-13-6-7-14(20-13)11-21(18,19)15-5-3-4-12(16)9-15/h3-7,9,17H,2,8,10-11H2,1H3. The topological polar surface area (TPSA) is 59.3 Å².